The van der Waals surface area contributed by atoms with Crippen molar-refractivity contribution in [1.82, 2.24) is 13.9 Å². The van der Waals surface area contributed by atoms with Gasteiger partial charge in [0.2, 0.25) is 10.0 Å². The van der Waals surface area contributed by atoms with Crippen LogP contribution in [-0.2, 0) is 16.6 Å². The van der Waals surface area contributed by atoms with E-state index in [4.69, 9.17) is 0 Å². The molecule has 0 amide bonds. The Morgan fingerprint density at radius 1 is 1.11 bits per heavy atom. The van der Waals surface area contributed by atoms with E-state index >= 15 is 0 Å². The van der Waals surface area contributed by atoms with Crippen LogP contribution in [-0.4, -0.2) is 35.4 Å². The van der Waals surface area contributed by atoms with E-state index in [0.29, 0.717) is 19.6 Å². The summed E-state index contributed by atoms with van der Waals surface area (Å²) in [7, 11) is -3.67. The number of halogens is 1. The Labute approximate surface area is 158 Å². The van der Waals surface area contributed by atoms with Crippen molar-refractivity contribution < 1.29 is 12.8 Å². The van der Waals surface area contributed by atoms with E-state index in [-0.39, 0.29) is 10.8 Å². The summed E-state index contributed by atoms with van der Waals surface area (Å²) in [5.74, 6) is 0.370. The maximum absolute atomic E-state index is 13.4. The number of aromatic nitrogens is 2. The van der Waals surface area contributed by atoms with Gasteiger partial charge >= 0.3 is 0 Å². The molecule has 1 fully saturated rings. The number of benzene rings is 2. The largest absolute Gasteiger partial charge is 0.328 e. The van der Waals surface area contributed by atoms with Gasteiger partial charge in [-0.05, 0) is 30.7 Å². The van der Waals surface area contributed by atoms with Crippen LogP contribution in [0, 0.1) is 12.7 Å². The minimum Gasteiger partial charge on any atom is -0.328 e. The third kappa shape index (κ3) is 3.40. The molecule has 0 radical (unpaired) electrons. The lowest BCUT2D eigenvalue weighted by Crippen LogP contribution is -2.49. The Morgan fingerprint density at radius 2 is 1.85 bits per heavy atom. The number of hydrogen-bond acceptors (Lipinski definition) is 3. The summed E-state index contributed by atoms with van der Waals surface area (Å²) in [6.45, 7) is 3.41. The lowest BCUT2D eigenvalue weighted by atomic mass is 10.0. The highest BCUT2D eigenvalue weighted by Gasteiger charge is 2.39. The molecular weight excluding hydrogens is 365 g/mol. The topological polar surface area (TPSA) is 55.2 Å². The van der Waals surface area contributed by atoms with E-state index in [1.807, 2.05) is 31.3 Å². The summed E-state index contributed by atoms with van der Waals surface area (Å²) in [5.41, 5.74) is 2.21. The van der Waals surface area contributed by atoms with Crippen LogP contribution in [0.15, 0.2) is 65.7 Å². The molecule has 0 bridgehead atoms. The summed E-state index contributed by atoms with van der Waals surface area (Å²) in [4.78, 5) is 4.51. The van der Waals surface area contributed by atoms with E-state index in [1.165, 1.54) is 28.1 Å². The van der Waals surface area contributed by atoms with Gasteiger partial charge in [0, 0.05) is 37.4 Å². The average molecular weight is 385 g/mol. The molecule has 1 aliphatic heterocycles. The van der Waals surface area contributed by atoms with Crippen LogP contribution in [0.1, 0.15) is 23.0 Å². The number of aryl methyl sites for hydroxylation is 1. The van der Waals surface area contributed by atoms with Crippen LogP contribution in [0.25, 0.3) is 0 Å². The van der Waals surface area contributed by atoms with Crippen LogP contribution in [0.2, 0.25) is 0 Å². The molecule has 0 N–H and O–H groups in total. The van der Waals surface area contributed by atoms with Gasteiger partial charge in [-0.2, -0.15) is 4.31 Å². The second-order valence-electron chi connectivity index (χ2n) is 6.81. The lowest BCUT2D eigenvalue weighted by molar-refractivity contribution is 0.251. The van der Waals surface area contributed by atoms with Crippen molar-refractivity contribution in [1.29, 1.82) is 0 Å². The Kier molecular flexibility index (Phi) is 4.57. The standard InChI is InChI=1S/C20H20FN3O2S/c1-15-11-22-20(24(15)12-16-6-3-2-4-7-16)17-13-23(14-17)27(25,26)19-9-5-8-18(21)10-19/h2-11,17H,12-14H2,1H3. The predicted octanol–water partition coefficient (Wildman–Crippen LogP) is 3.17. The summed E-state index contributed by atoms with van der Waals surface area (Å²) < 4.78 is 42.2. The van der Waals surface area contributed by atoms with Crippen molar-refractivity contribution >= 4 is 10.0 Å². The Balaban J connectivity index is 1.52. The van der Waals surface area contributed by atoms with E-state index in [1.54, 1.807) is 0 Å². The molecule has 0 atom stereocenters. The summed E-state index contributed by atoms with van der Waals surface area (Å²) >= 11 is 0. The highest BCUT2D eigenvalue weighted by molar-refractivity contribution is 7.89. The van der Waals surface area contributed by atoms with Gasteiger partial charge in [0.15, 0.2) is 0 Å². The number of sulfonamides is 1. The first-order valence-corrected chi connectivity index (χ1v) is 10.2. The molecule has 0 spiro atoms. The number of nitrogens with zero attached hydrogens (tertiary/aromatic N) is 3. The van der Waals surface area contributed by atoms with E-state index in [9.17, 15) is 12.8 Å². The monoisotopic (exact) mass is 385 g/mol. The van der Waals surface area contributed by atoms with Crippen molar-refractivity contribution in [3.63, 3.8) is 0 Å². The molecule has 140 valence electrons. The van der Waals surface area contributed by atoms with Crippen LogP contribution >= 0.6 is 0 Å². The molecule has 2 heterocycles. The van der Waals surface area contributed by atoms with Crippen molar-refractivity contribution in [2.45, 2.75) is 24.3 Å². The van der Waals surface area contributed by atoms with Crippen LogP contribution in [0.4, 0.5) is 4.39 Å². The first kappa shape index (κ1) is 17.9. The zero-order valence-corrected chi connectivity index (χ0v) is 15.7. The maximum Gasteiger partial charge on any atom is 0.243 e. The molecule has 2 aromatic carbocycles. The Morgan fingerprint density at radius 3 is 2.56 bits per heavy atom. The number of hydrogen-bond donors (Lipinski definition) is 0. The predicted molar refractivity (Wildman–Crippen MR) is 100 cm³/mol. The molecule has 27 heavy (non-hydrogen) atoms. The zero-order valence-electron chi connectivity index (χ0n) is 14.9. The van der Waals surface area contributed by atoms with Crippen LogP contribution in [0.5, 0.6) is 0 Å². The molecule has 5 nitrogen and oxygen atoms in total. The zero-order chi connectivity index (χ0) is 19.0. The molecule has 0 unspecified atom stereocenters. The van der Waals surface area contributed by atoms with Gasteiger partial charge in [-0.25, -0.2) is 17.8 Å². The first-order chi connectivity index (χ1) is 12.9. The fraction of sp³-hybridized carbons (Fsp3) is 0.250. The van der Waals surface area contributed by atoms with Crippen LogP contribution in [0.3, 0.4) is 0 Å². The van der Waals surface area contributed by atoms with Gasteiger partial charge in [0.1, 0.15) is 11.6 Å². The molecule has 1 aromatic heterocycles. The van der Waals surface area contributed by atoms with Gasteiger partial charge in [0.05, 0.1) is 4.90 Å². The first-order valence-electron chi connectivity index (χ1n) is 8.77. The highest BCUT2D eigenvalue weighted by Crippen LogP contribution is 2.32. The van der Waals surface area contributed by atoms with Gasteiger partial charge in [-0.1, -0.05) is 36.4 Å². The van der Waals surface area contributed by atoms with E-state index < -0.39 is 15.8 Å². The van der Waals surface area contributed by atoms with Gasteiger partial charge in [-0.3, -0.25) is 0 Å². The highest BCUT2D eigenvalue weighted by atomic mass is 32.2. The molecule has 0 saturated carbocycles. The number of imidazole rings is 1. The van der Waals surface area contributed by atoms with Crippen molar-refractivity contribution in [3.05, 3.63) is 83.7 Å². The summed E-state index contributed by atoms with van der Waals surface area (Å²) in [6.07, 6.45) is 1.82. The second-order valence-corrected chi connectivity index (χ2v) is 8.74. The smallest absolute Gasteiger partial charge is 0.243 e. The van der Waals surface area contributed by atoms with Crippen molar-refractivity contribution in [3.8, 4) is 0 Å². The van der Waals surface area contributed by atoms with Crippen LogP contribution < -0.4 is 0 Å². The molecular formula is C20H20FN3O2S. The second kappa shape index (κ2) is 6.90. The lowest BCUT2D eigenvalue weighted by Gasteiger charge is -2.37. The molecule has 1 aliphatic rings. The minimum atomic E-state index is -3.67. The molecule has 1 saturated heterocycles. The molecule has 0 aliphatic carbocycles. The third-order valence-electron chi connectivity index (χ3n) is 4.92. The van der Waals surface area contributed by atoms with Gasteiger partial charge in [-0.15, -0.1) is 0 Å². The average Bonchev–Trinajstić information content (AvgIpc) is 2.95. The summed E-state index contributed by atoms with van der Waals surface area (Å²) in [6, 6.07) is 15.2. The third-order valence-corrected chi connectivity index (χ3v) is 6.74. The Bertz CT molecular complexity index is 1060. The SMILES string of the molecule is Cc1cnc(C2CN(S(=O)(=O)c3cccc(F)c3)C2)n1Cc1ccccc1. The molecule has 7 heteroatoms. The molecule has 3 aromatic rings. The van der Waals surface area contributed by atoms with Crippen molar-refractivity contribution in [2.24, 2.45) is 0 Å². The minimum absolute atomic E-state index is 0.00948. The molecule has 4 rings (SSSR count). The van der Waals surface area contributed by atoms with Crippen molar-refractivity contribution in [2.75, 3.05) is 13.1 Å². The summed E-state index contributed by atoms with van der Waals surface area (Å²) in [5, 5.41) is 0. The Hall–Kier alpha value is -2.51. The fourth-order valence-corrected chi connectivity index (χ4v) is 4.91. The van der Waals surface area contributed by atoms with Gasteiger partial charge < -0.3 is 4.57 Å². The maximum atomic E-state index is 13.4. The number of rotatable bonds is 5. The van der Waals surface area contributed by atoms with E-state index in [2.05, 4.69) is 21.7 Å². The van der Waals surface area contributed by atoms with E-state index in [0.717, 1.165) is 17.6 Å². The van der Waals surface area contributed by atoms with Gasteiger partial charge in [0.25, 0.3) is 0 Å². The fourth-order valence-electron chi connectivity index (χ4n) is 3.35. The normalized spacial score (nSPS) is 15.6. The quantitative estimate of drug-likeness (QED) is 0.678.